The van der Waals surface area contributed by atoms with E-state index >= 15 is 0 Å². The van der Waals surface area contributed by atoms with Crippen LogP contribution in [0.15, 0.2) is 0 Å². The highest BCUT2D eigenvalue weighted by Crippen LogP contribution is 2.14. The molecule has 4 nitrogen and oxygen atoms in total. The van der Waals surface area contributed by atoms with Gasteiger partial charge in [-0.3, -0.25) is 0 Å². The van der Waals surface area contributed by atoms with Crippen molar-refractivity contribution in [1.82, 2.24) is 10.2 Å². The quantitative estimate of drug-likeness (QED) is 0.700. The molecular weight excluding hydrogens is 178 g/mol. The van der Waals surface area contributed by atoms with Crippen LogP contribution in [0.5, 0.6) is 0 Å². The van der Waals surface area contributed by atoms with Gasteiger partial charge in [0.25, 0.3) is 0 Å². The van der Waals surface area contributed by atoms with Crippen molar-refractivity contribution < 1.29 is 4.79 Å². The lowest BCUT2D eigenvalue weighted by Gasteiger charge is -2.17. The van der Waals surface area contributed by atoms with Crippen molar-refractivity contribution in [1.29, 1.82) is 0 Å². The van der Waals surface area contributed by atoms with Crippen molar-refractivity contribution >= 4 is 6.03 Å². The smallest absolute Gasteiger partial charge is 0.317 e. The molecule has 1 rings (SSSR count). The number of amides is 2. The maximum absolute atomic E-state index is 11.6. The Labute approximate surface area is 85.8 Å². The number of nitrogens with zero attached hydrogens (tertiary/aromatic N) is 1. The van der Waals surface area contributed by atoms with Gasteiger partial charge in [0, 0.05) is 19.6 Å². The summed E-state index contributed by atoms with van der Waals surface area (Å²) < 4.78 is 0. The van der Waals surface area contributed by atoms with Gasteiger partial charge in [-0.05, 0) is 24.8 Å². The molecule has 1 aliphatic rings. The third kappa shape index (κ3) is 3.18. The fourth-order valence-corrected chi connectivity index (χ4v) is 1.61. The summed E-state index contributed by atoms with van der Waals surface area (Å²) in [6, 6.07) is 0.0645. The predicted octanol–water partition coefficient (Wildman–Crippen LogP) is 0.633. The van der Waals surface area contributed by atoms with Gasteiger partial charge in [0.2, 0.25) is 0 Å². The molecule has 1 aliphatic heterocycles. The number of carbonyl (C=O) groups excluding carboxylic acids is 1. The number of likely N-dealkylation sites (tertiary alicyclic amines) is 1. The lowest BCUT2D eigenvalue weighted by Crippen LogP contribution is -2.40. The summed E-state index contributed by atoms with van der Waals surface area (Å²) >= 11 is 0. The van der Waals surface area contributed by atoms with Crippen LogP contribution in [0.25, 0.3) is 0 Å². The summed E-state index contributed by atoms with van der Waals surface area (Å²) in [6.45, 7) is 7.29. The molecule has 0 bridgehead atoms. The van der Waals surface area contributed by atoms with Crippen molar-refractivity contribution in [2.45, 2.75) is 20.3 Å². The van der Waals surface area contributed by atoms with E-state index in [0.29, 0.717) is 18.4 Å². The van der Waals surface area contributed by atoms with Crippen LogP contribution < -0.4 is 11.1 Å². The zero-order chi connectivity index (χ0) is 10.6. The predicted molar refractivity (Wildman–Crippen MR) is 57.0 cm³/mol. The van der Waals surface area contributed by atoms with E-state index in [-0.39, 0.29) is 6.03 Å². The monoisotopic (exact) mass is 199 g/mol. The number of rotatable bonds is 3. The van der Waals surface area contributed by atoms with Crippen LogP contribution in [0, 0.1) is 11.8 Å². The molecule has 14 heavy (non-hydrogen) atoms. The highest BCUT2D eigenvalue weighted by atomic mass is 16.2. The topological polar surface area (TPSA) is 58.4 Å². The fourth-order valence-electron chi connectivity index (χ4n) is 1.61. The molecule has 0 aromatic rings. The van der Waals surface area contributed by atoms with Crippen LogP contribution in [-0.2, 0) is 0 Å². The van der Waals surface area contributed by atoms with E-state index in [1.165, 1.54) is 0 Å². The molecule has 0 aromatic carbocycles. The van der Waals surface area contributed by atoms with Crippen LogP contribution in [-0.4, -0.2) is 37.1 Å². The molecule has 1 heterocycles. The standard InChI is InChI=1S/C10H21N3O/c1-8(2)6-12-10(14)13-4-3-9(5-11)7-13/h8-9H,3-7,11H2,1-2H3,(H,12,14). The fraction of sp³-hybridized carbons (Fsp3) is 0.900. The van der Waals surface area contributed by atoms with Crippen LogP contribution in [0.3, 0.4) is 0 Å². The lowest BCUT2D eigenvalue weighted by molar-refractivity contribution is 0.206. The van der Waals surface area contributed by atoms with Gasteiger partial charge in [-0.1, -0.05) is 13.8 Å². The number of hydrogen-bond donors (Lipinski definition) is 2. The van der Waals surface area contributed by atoms with Crippen LogP contribution in [0.4, 0.5) is 4.79 Å². The molecule has 0 radical (unpaired) electrons. The first-order valence-corrected chi connectivity index (χ1v) is 5.36. The van der Waals surface area contributed by atoms with Gasteiger partial charge in [0.1, 0.15) is 0 Å². The maximum Gasteiger partial charge on any atom is 0.317 e. The molecule has 0 aliphatic carbocycles. The van der Waals surface area contributed by atoms with Crippen LogP contribution in [0.1, 0.15) is 20.3 Å². The summed E-state index contributed by atoms with van der Waals surface area (Å²) in [6.07, 6.45) is 1.05. The van der Waals surface area contributed by atoms with Crippen LogP contribution >= 0.6 is 0 Å². The number of nitrogens with one attached hydrogen (secondary N) is 1. The Morgan fingerprint density at radius 2 is 2.36 bits per heavy atom. The first kappa shape index (κ1) is 11.3. The van der Waals surface area contributed by atoms with E-state index in [2.05, 4.69) is 19.2 Å². The number of nitrogens with two attached hydrogens (primary N) is 1. The number of carbonyl (C=O) groups is 1. The van der Waals surface area contributed by atoms with Crippen molar-refractivity contribution in [2.75, 3.05) is 26.2 Å². The zero-order valence-electron chi connectivity index (χ0n) is 9.12. The van der Waals surface area contributed by atoms with E-state index in [4.69, 9.17) is 5.73 Å². The summed E-state index contributed by atoms with van der Waals surface area (Å²) in [5.74, 6) is 1.01. The molecule has 2 amide bonds. The molecule has 0 aromatic heterocycles. The average molecular weight is 199 g/mol. The van der Waals surface area contributed by atoms with Crippen molar-refractivity contribution in [3.63, 3.8) is 0 Å². The Hall–Kier alpha value is -0.770. The summed E-state index contributed by atoms with van der Waals surface area (Å²) in [4.78, 5) is 13.4. The Morgan fingerprint density at radius 3 is 2.86 bits per heavy atom. The van der Waals surface area contributed by atoms with Gasteiger partial charge < -0.3 is 16.0 Å². The minimum atomic E-state index is 0.0645. The SMILES string of the molecule is CC(C)CNC(=O)N1CCC(CN)C1. The molecule has 4 heteroatoms. The minimum Gasteiger partial charge on any atom is -0.338 e. The third-order valence-corrected chi connectivity index (χ3v) is 2.57. The molecular formula is C10H21N3O. The Morgan fingerprint density at radius 1 is 1.64 bits per heavy atom. The van der Waals surface area contributed by atoms with Gasteiger partial charge >= 0.3 is 6.03 Å². The van der Waals surface area contributed by atoms with E-state index in [0.717, 1.165) is 26.1 Å². The summed E-state index contributed by atoms with van der Waals surface area (Å²) in [5.41, 5.74) is 5.56. The largest absolute Gasteiger partial charge is 0.338 e. The average Bonchev–Trinajstić information content (AvgIpc) is 2.62. The van der Waals surface area contributed by atoms with Gasteiger partial charge in [0.05, 0.1) is 0 Å². The van der Waals surface area contributed by atoms with Crippen molar-refractivity contribution in [3.8, 4) is 0 Å². The molecule has 0 spiro atoms. The van der Waals surface area contributed by atoms with E-state index in [9.17, 15) is 4.79 Å². The second kappa shape index (κ2) is 5.20. The second-order valence-electron chi connectivity index (χ2n) is 4.42. The Balaban J connectivity index is 2.25. The first-order chi connectivity index (χ1) is 6.63. The number of urea groups is 1. The molecule has 1 unspecified atom stereocenters. The van der Waals surface area contributed by atoms with E-state index in [1.54, 1.807) is 0 Å². The lowest BCUT2D eigenvalue weighted by atomic mass is 10.1. The number of hydrogen-bond acceptors (Lipinski definition) is 2. The molecule has 0 saturated carbocycles. The Kier molecular flexibility index (Phi) is 4.20. The van der Waals surface area contributed by atoms with Gasteiger partial charge in [-0.2, -0.15) is 0 Å². The molecule has 1 fully saturated rings. The molecule has 1 atom stereocenters. The normalized spacial score (nSPS) is 21.7. The van der Waals surface area contributed by atoms with Crippen molar-refractivity contribution in [3.05, 3.63) is 0 Å². The highest BCUT2D eigenvalue weighted by molar-refractivity contribution is 5.74. The molecule has 3 N–H and O–H groups in total. The van der Waals surface area contributed by atoms with E-state index < -0.39 is 0 Å². The Bertz CT molecular complexity index is 194. The van der Waals surface area contributed by atoms with E-state index in [1.807, 2.05) is 4.90 Å². The van der Waals surface area contributed by atoms with Gasteiger partial charge in [-0.25, -0.2) is 4.79 Å². The maximum atomic E-state index is 11.6. The second-order valence-corrected chi connectivity index (χ2v) is 4.42. The molecule has 1 saturated heterocycles. The summed E-state index contributed by atoms with van der Waals surface area (Å²) in [7, 11) is 0. The highest BCUT2D eigenvalue weighted by Gasteiger charge is 2.24. The zero-order valence-corrected chi connectivity index (χ0v) is 9.12. The minimum absolute atomic E-state index is 0.0645. The first-order valence-electron chi connectivity index (χ1n) is 5.36. The van der Waals surface area contributed by atoms with Crippen molar-refractivity contribution in [2.24, 2.45) is 17.6 Å². The third-order valence-electron chi connectivity index (χ3n) is 2.57. The molecule has 82 valence electrons. The van der Waals surface area contributed by atoms with Gasteiger partial charge in [0.15, 0.2) is 0 Å². The summed E-state index contributed by atoms with van der Waals surface area (Å²) in [5, 5.41) is 2.91. The van der Waals surface area contributed by atoms with Crippen LogP contribution in [0.2, 0.25) is 0 Å². The van der Waals surface area contributed by atoms with Gasteiger partial charge in [-0.15, -0.1) is 0 Å².